The van der Waals surface area contributed by atoms with E-state index < -0.39 is 8.07 Å². The molecule has 0 unspecified atom stereocenters. The summed E-state index contributed by atoms with van der Waals surface area (Å²) in [6.07, 6.45) is 3.73. The van der Waals surface area contributed by atoms with Crippen LogP contribution in [0, 0.1) is 11.5 Å². The summed E-state index contributed by atoms with van der Waals surface area (Å²) in [5, 5.41) is 4.77. The monoisotopic (exact) mass is 478 g/mol. The van der Waals surface area contributed by atoms with E-state index in [2.05, 4.69) is 68.3 Å². The minimum Gasteiger partial charge on any atom is -0.350 e. The Bertz CT molecular complexity index is 1230. The Hall–Kier alpha value is -2.56. The highest BCUT2D eigenvalue weighted by Gasteiger charge is 2.41. The second-order valence-corrected chi connectivity index (χ2v) is 15.7. The quantitative estimate of drug-likeness (QED) is 0.193. The van der Waals surface area contributed by atoms with Gasteiger partial charge in [0.1, 0.15) is 19.4 Å². The molecule has 3 aromatic rings. The molecule has 1 N–H and O–H groups in total. The molecule has 3 rings (SSSR count). The molecule has 0 amide bonds. The van der Waals surface area contributed by atoms with Gasteiger partial charge in [-0.2, -0.15) is 0 Å². The van der Waals surface area contributed by atoms with Gasteiger partial charge in [0, 0.05) is 18.9 Å². The van der Waals surface area contributed by atoms with Gasteiger partial charge in [-0.25, -0.2) is 9.97 Å². The summed E-state index contributed by atoms with van der Waals surface area (Å²) >= 11 is 1.46. The number of aryl methyl sites for hydroxylation is 1. The van der Waals surface area contributed by atoms with Gasteiger partial charge in [-0.05, 0) is 35.0 Å². The molecule has 5 nitrogen and oxygen atoms in total. The summed E-state index contributed by atoms with van der Waals surface area (Å²) in [6.45, 7) is 13.8. The number of nitrogens with one attached hydrogen (secondary N) is 1. The topological polar surface area (TPSA) is 59.8 Å². The normalized spacial score (nSPS) is 11.8. The van der Waals surface area contributed by atoms with Gasteiger partial charge in [0.2, 0.25) is 0 Å². The molecule has 2 aromatic heterocycles. The van der Waals surface area contributed by atoms with Gasteiger partial charge in [0.25, 0.3) is 5.56 Å². The van der Waals surface area contributed by atoms with E-state index >= 15 is 0 Å². The molecule has 0 aliphatic heterocycles. The lowest BCUT2D eigenvalue weighted by Crippen LogP contribution is -2.43. The SMILES string of the molecule is CSc1ncc2c(C#C[Si](C(C)C)(C(C)C)C(C)C)c(Nc3ccccc3)c(=O)n(C)c2n1. The van der Waals surface area contributed by atoms with Crippen LogP contribution in [0.25, 0.3) is 11.0 Å². The van der Waals surface area contributed by atoms with Crippen molar-refractivity contribution in [2.45, 2.75) is 63.3 Å². The Morgan fingerprint density at radius 3 is 2.18 bits per heavy atom. The number of fused-ring (bicyclic) bond motifs is 1. The van der Waals surface area contributed by atoms with Crippen molar-refractivity contribution in [3.63, 3.8) is 0 Å². The van der Waals surface area contributed by atoms with Crippen molar-refractivity contribution in [3.05, 3.63) is 52.4 Å². The average Bonchev–Trinajstić information content (AvgIpc) is 2.79. The van der Waals surface area contributed by atoms with Crippen LogP contribution in [0.1, 0.15) is 47.1 Å². The lowest BCUT2D eigenvalue weighted by atomic mass is 10.1. The smallest absolute Gasteiger partial charge is 0.276 e. The average molecular weight is 479 g/mol. The summed E-state index contributed by atoms with van der Waals surface area (Å²) < 4.78 is 1.59. The van der Waals surface area contributed by atoms with Gasteiger partial charge in [-0.15, -0.1) is 5.54 Å². The highest BCUT2D eigenvalue weighted by Crippen LogP contribution is 2.41. The van der Waals surface area contributed by atoms with Crippen LogP contribution in [-0.2, 0) is 7.05 Å². The predicted octanol–water partition coefficient (Wildman–Crippen LogP) is 6.36. The van der Waals surface area contributed by atoms with Crippen LogP contribution in [0.3, 0.4) is 0 Å². The first-order chi connectivity index (χ1) is 15.6. The molecular weight excluding hydrogens is 444 g/mol. The number of anilines is 2. The Kier molecular flexibility index (Phi) is 7.71. The Morgan fingerprint density at radius 1 is 1.03 bits per heavy atom. The van der Waals surface area contributed by atoms with Crippen molar-refractivity contribution in [2.75, 3.05) is 11.6 Å². The fourth-order valence-corrected chi connectivity index (χ4v) is 10.5. The maximum Gasteiger partial charge on any atom is 0.276 e. The number of nitrogens with zero attached hydrogens (tertiary/aromatic N) is 3. The van der Waals surface area contributed by atoms with Crippen molar-refractivity contribution >= 4 is 42.2 Å². The molecule has 1 aromatic carbocycles. The molecule has 33 heavy (non-hydrogen) atoms. The second kappa shape index (κ2) is 10.1. The number of rotatable bonds is 6. The number of benzene rings is 1. The summed E-state index contributed by atoms with van der Waals surface area (Å²) in [7, 11) is -0.250. The van der Waals surface area contributed by atoms with Gasteiger partial charge in [-0.1, -0.05) is 77.4 Å². The van der Waals surface area contributed by atoms with Crippen molar-refractivity contribution in [1.29, 1.82) is 0 Å². The van der Waals surface area contributed by atoms with Crippen LogP contribution < -0.4 is 10.9 Å². The summed E-state index contributed by atoms with van der Waals surface area (Å²) in [5.74, 6) is 3.52. The van der Waals surface area contributed by atoms with E-state index in [-0.39, 0.29) is 5.56 Å². The largest absolute Gasteiger partial charge is 0.350 e. The summed E-state index contributed by atoms with van der Waals surface area (Å²) in [4.78, 5) is 22.7. The zero-order valence-corrected chi connectivity index (χ0v) is 22.7. The van der Waals surface area contributed by atoms with Gasteiger partial charge in [0.05, 0.1) is 10.9 Å². The van der Waals surface area contributed by atoms with Crippen LogP contribution in [0.5, 0.6) is 0 Å². The molecule has 0 saturated heterocycles. The number of thioether (sulfide) groups is 1. The standard InChI is InChI=1S/C26H34N4OSSi/c1-17(2)33(18(3)4,19(5)6)15-14-21-22-16-27-26(32-8)29-24(22)30(7)25(31)23(21)28-20-12-10-9-11-13-20/h9-13,16-19,28H,1-8H3. The lowest BCUT2D eigenvalue weighted by molar-refractivity contribution is 0.838. The number of pyridine rings is 1. The minimum absolute atomic E-state index is 0.146. The van der Waals surface area contributed by atoms with Crippen LogP contribution in [-0.4, -0.2) is 28.9 Å². The third-order valence-corrected chi connectivity index (χ3v) is 13.4. The zero-order valence-electron chi connectivity index (χ0n) is 20.9. The van der Waals surface area contributed by atoms with Gasteiger partial charge in [-0.3, -0.25) is 9.36 Å². The Labute approximate surface area is 202 Å². The summed E-state index contributed by atoms with van der Waals surface area (Å²) in [6, 6.07) is 9.74. The highest BCUT2D eigenvalue weighted by atomic mass is 32.2. The van der Waals surface area contributed by atoms with Crippen LogP contribution in [0.4, 0.5) is 11.4 Å². The third-order valence-electron chi connectivity index (χ3n) is 6.60. The Morgan fingerprint density at radius 2 is 1.64 bits per heavy atom. The molecule has 0 bridgehead atoms. The molecule has 174 valence electrons. The maximum absolute atomic E-state index is 13.5. The van der Waals surface area contributed by atoms with Gasteiger partial charge in [0.15, 0.2) is 5.16 Å². The van der Waals surface area contributed by atoms with Crippen molar-refractivity contribution < 1.29 is 0 Å². The van der Waals surface area contributed by atoms with Crippen LogP contribution in [0.15, 0.2) is 46.5 Å². The number of hydrogen-bond acceptors (Lipinski definition) is 5. The molecule has 7 heteroatoms. The first-order valence-electron chi connectivity index (χ1n) is 11.4. The maximum atomic E-state index is 13.5. The zero-order chi connectivity index (χ0) is 24.3. The molecule has 0 spiro atoms. The van der Waals surface area contributed by atoms with Crippen molar-refractivity contribution in [1.82, 2.24) is 14.5 Å². The van der Waals surface area contributed by atoms with E-state index in [9.17, 15) is 4.79 Å². The van der Waals surface area contributed by atoms with Crippen molar-refractivity contribution in [3.8, 4) is 11.5 Å². The molecule has 0 fully saturated rings. The first-order valence-corrected chi connectivity index (χ1v) is 14.9. The van der Waals surface area contributed by atoms with E-state index in [0.29, 0.717) is 38.7 Å². The van der Waals surface area contributed by atoms with Crippen molar-refractivity contribution in [2.24, 2.45) is 7.05 Å². The lowest BCUT2D eigenvalue weighted by Gasteiger charge is -2.38. The minimum atomic E-state index is -2.00. The predicted molar refractivity (Wildman–Crippen MR) is 144 cm³/mol. The number of hydrogen-bond donors (Lipinski definition) is 1. The van der Waals surface area contributed by atoms with Gasteiger partial charge >= 0.3 is 0 Å². The molecule has 0 aliphatic rings. The molecule has 0 atom stereocenters. The van der Waals surface area contributed by atoms with Crippen LogP contribution in [0.2, 0.25) is 16.6 Å². The Balaban J connectivity index is 2.37. The van der Waals surface area contributed by atoms with E-state index in [1.807, 2.05) is 36.6 Å². The molecule has 2 heterocycles. The van der Waals surface area contributed by atoms with Crippen LogP contribution >= 0.6 is 11.8 Å². The van der Waals surface area contributed by atoms with E-state index in [1.165, 1.54) is 11.8 Å². The van der Waals surface area contributed by atoms with Gasteiger partial charge < -0.3 is 5.32 Å². The molecule has 0 radical (unpaired) electrons. The molecule has 0 aliphatic carbocycles. The third kappa shape index (κ3) is 4.73. The fourth-order valence-electron chi connectivity index (χ4n) is 4.91. The molecular formula is C26H34N4OSSi. The first kappa shape index (κ1) is 25.1. The fraction of sp³-hybridized carbons (Fsp3) is 0.423. The van der Waals surface area contributed by atoms with E-state index in [0.717, 1.165) is 11.1 Å². The highest BCUT2D eigenvalue weighted by molar-refractivity contribution is 7.98. The number of para-hydroxylation sites is 1. The van der Waals surface area contributed by atoms with E-state index in [4.69, 9.17) is 0 Å². The second-order valence-electron chi connectivity index (χ2n) is 9.35. The molecule has 0 saturated carbocycles. The summed E-state index contributed by atoms with van der Waals surface area (Å²) in [5.41, 5.74) is 7.73. The van der Waals surface area contributed by atoms with E-state index in [1.54, 1.807) is 17.8 Å². The number of aromatic nitrogens is 3.